The van der Waals surface area contributed by atoms with Crippen LogP contribution in [-0.4, -0.2) is 14.8 Å². The molecule has 0 bridgehead atoms. The molecular weight excluding hydrogens is 286 g/mol. The third kappa shape index (κ3) is 1.94. The molecule has 4 rings (SSSR count). The van der Waals surface area contributed by atoms with E-state index in [-0.39, 0.29) is 0 Å². The van der Waals surface area contributed by atoms with Crippen LogP contribution in [0.25, 0.3) is 10.7 Å². The maximum atomic E-state index is 5.42. The predicted octanol–water partition coefficient (Wildman–Crippen LogP) is 4.40. The highest BCUT2D eigenvalue weighted by Crippen LogP contribution is 2.52. The highest BCUT2D eigenvalue weighted by molar-refractivity contribution is 7.71. The van der Waals surface area contributed by atoms with Crippen molar-refractivity contribution >= 4 is 23.6 Å². The lowest BCUT2D eigenvalue weighted by Crippen LogP contribution is -1.98. The Morgan fingerprint density at radius 1 is 1.20 bits per heavy atom. The Morgan fingerprint density at radius 2 is 2.05 bits per heavy atom. The second kappa shape index (κ2) is 4.68. The van der Waals surface area contributed by atoms with E-state index in [0.717, 1.165) is 21.9 Å². The van der Waals surface area contributed by atoms with E-state index in [1.54, 1.807) is 11.3 Å². The van der Waals surface area contributed by atoms with Crippen molar-refractivity contribution in [1.29, 1.82) is 0 Å². The molecule has 0 saturated heterocycles. The quantitative estimate of drug-likeness (QED) is 0.727. The number of aromatic nitrogens is 3. The topological polar surface area (TPSA) is 33.6 Å². The molecule has 0 amide bonds. The summed E-state index contributed by atoms with van der Waals surface area (Å²) in [5, 5.41) is 9.41. The van der Waals surface area contributed by atoms with E-state index in [9.17, 15) is 0 Å². The van der Waals surface area contributed by atoms with E-state index in [0.29, 0.717) is 12.0 Å². The van der Waals surface area contributed by atoms with E-state index in [1.807, 2.05) is 6.07 Å². The molecule has 20 heavy (non-hydrogen) atoms. The second-order valence-corrected chi connectivity index (χ2v) is 6.35. The van der Waals surface area contributed by atoms with Gasteiger partial charge in [-0.1, -0.05) is 36.4 Å². The van der Waals surface area contributed by atoms with Gasteiger partial charge in [0.2, 0.25) is 0 Å². The smallest absolute Gasteiger partial charge is 0.195 e. The lowest BCUT2D eigenvalue weighted by Gasteiger charge is -2.05. The zero-order chi connectivity index (χ0) is 13.5. The lowest BCUT2D eigenvalue weighted by molar-refractivity contribution is 0.712. The van der Waals surface area contributed by atoms with Crippen LogP contribution in [0.2, 0.25) is 0 Å². The van der Waals surface area contributed by atoms with Gasteiger partial charge in [-0.25, -0.2) is 0 Å². The fourth-order valence-electron chi connectivity index (χ4n) is 2.72. The summed E-state index contributed by atoms with van der Waals surface area (Å²) >= 11 is 7.11. The van der Waals surface area contributed by atoms with Crippen molar-refractivity contribution in [3.63, 3.8) is 0 Å². The molecule has 1 fully saturated rings. The summed E-state index contributed by atoms with van der Waals surface area (Å²) in [6, 6.07) is 15.2. The number of H-pyrrole nitrogens is 1. The minimum atomic E-state index is 0.431. The van der Waals surface area contributed by atoms with Crippen LogP contribution in [0, 0.1) is 4.77 Å². The summed E-state index contributed by atoms with van der Waals surface area (Å²) in [6.07, 6.45) is 1.14. The Kier molecular flexibility index (Phi) is 2.82. The zero-order valence-corrected chi connectivity index (χ0v) is 12.3. The van der Waals surface area contributed by atoms with Crippen molar-refractivity contribution in [2.75, 3.05) is 0 Å². The van der Waals surface area contributed by atoms with Gasteiger partial charge in [-0.3, -0.25) is 9.67 Å². The molecule has 2 atom stereocenters. The van der Waals surface area contributed by atoms with Gasteiger partial charge in [-0.05, 0) is 35.6 Å². The first-order valence-corrected chi connectivity index (χ1v) is 7.89. The molecule has 1 saturated carbocycles. The highest BCUT2D eigenvalue weighted by Gasteiger charge is 2.41. The number of aromatic amines is 1. The fourth-order valence-corrected chi connectivity index (χ4v) is 3.70. The van der Waals surface area contributed by atoms with E-state index in [2.05, 4.69) is 56.5 Å². The van der Waals surface area contributed by atoms with Crippen LogP contribution < -0.4 is 0 Å². The van der Waals surface area contributed by atoms with Gasteiger partial charge in [0, 0.05) is 12.0 Å². The van der Waals surface area contributed by atoms with Gasteiger partial charge < -0.3 is 0 Å². The molecule has 1 N–H and O–H groups in total. The molecule has 2 heterocycles. The average molecular weight is 299 g/mol. The van der Waals surface area contributed by atoms with E-state index in [4.69, 9.17) is 12.2 Å². The van der Waals surface area contributed by atoms with Gasteiger partial charge in [0.15, 0.2) is 10.6 Å². The summed E-state index contributed by atoms with van der Waals surface area (Å²) in [5.41, 5.74) is 1.39. The number of nitrogens with zero attached hydrogens (tertiary/aromatic N) is 2. The van der Waals surface area contributed by atoms with Crippen LogP contribution in [0.3, 0.4) is 0 Å². The molecular formula is C15H13N3S2. The third-order valence-corrected chi connectivity index (χ3v) is 4.92. The van der Waals surface area contributed by atoms with Crippen molar-refractivity contribution in [3.8, 4) is 10.7 Å². The van der Waals surface area contributed by atoms with E-state index >= 15 is 0 Å². The van der Waals surface area contributed by atoms with Crippen LogP contribution in [0.1, 0.15) is 23.9 Å². The van der Waals surface area contributed by atoms with Crippen LogP contribution in [-0.2, 0) is 0 Å². The van der Waals surface area contributed by atoms with Crippen molar-refractivity contribution < 1.29 is 0 Å². The summed E-state index contributed by atoms with van der Waals surface area (Å²) < 4.78 is 2.90. The van der Waals surface area contributed by atoms with Crippen molar-refractivity contribution in [2.45, 2.75) is 18.4 Å². The number of hydrogen-bond donors (Lipinski definition) is 1. The first-order valence-electron chi connectivity index (χ1n) is 6.60. The minimum Gasteiger partial charge on any atom is -0.296 e. The van der Waals surface area contributed by atoms with E-state index < -0.39 is 0 Å². The SMILES string of the molecule is S=c1[nH]nc(-c2cccs2)n1C1CC1c1ccccc1. The average Bonchev–Trinajstić information content (AvgIpc) is 2.90. The monoisotopic (exact) mass is 299 g/mol. The van der Waals surface area contributed by atoms with Crippen molar-refractivity contribution in [2.24, 2.45) is 0 Å². The Morgan fingerprint density at radius 3 is 2.80 bits per heavy atom. The molecule has 2 unspecified atom stereocenters. The van der Waals surface area contributed by atoms with Crippen molar-refractivity contribution in [3.05, 3.63) is 58.2 Å². The van der Waals surface area contributed by atoms with Crippen molar-refractivity contribution in [1.82, 2.24) is 14.8 Å². The first-order chi connectivity index (χ1) is 9.84. The number of hydrogen-bond acceptors (Lipinski definition) is 3. The highest BCUT2D eigenvalue weighted by atomic mass is 32.1. The first kappa shape index (κ1) is 12.1. The Labute approximate surface area is 125 Å². The molecule has 0 aliphatic heterocycles. The van der Waals surface area contributed by atoms with Gasteiger partial charge in [0.25, 0.3) is 0 Å². The molecule has 3 nitrogen and oxygen atoms in total. The Balaban J connectivity index is 1.72. The summed E-state index contributed by atoms with van der Waals surface area (Å²) in [5.74, 6) is 1.52. The lowest BCUT2D eigenvalue weighted by atomic mass is 10.1. The molecule has 3 aromatic rings. The molecule has 1 aliphatic carbocycles. The van der Waals surface area contributed by atoms with Gasteiger partial charge in [0.1, 0.15) is 0 Å². The summed E-state index contributed by atoms with van der Waals surface area (Å²) in [4.78, 5) is 1.16. The molecule has 5 heteroatoms. The third-order valence-electron chi connectivity index (χ3n) is 3.76. The normalized spacial score (nSPS) is 21.0. The summed E-state index contributed by atoms with van der Waals surface area (Å²) in [7, 11) is 0. The predicted molar refractivity (Wildman–Crippen MR) is 83.6 cm³/mol. The molecule has 0 spiro atoms. The number of nitrogens with one attached hydrogen (secondary N) is 1. The molecule has 0 radical (unpaired) electrons. The van der Waals surface area contributed by atoms with Gasteiger partial charge >= 0.3 is 0 Å². The largest absolute Gasteiger partial charge is 0.296 e. The fraction of sp³-hybridized carbons (Fsp3) is 0.200. The number of benzene rings is 1. The molecule has 1 aromatic carbocycles. The maximum absolute atomic E-state index is 5.42. The standard InChI is InChI=1S/C15H13N3S2/c19-15-17-16-14(13-7-4-8-20-13)18(15)12-9-11(12)10-5-2-1-3-6-10/h1-8,11-12H,9H2,(H,17,19). The second-order valence-electron chi connectivity index (χ2n) is 5.02. The van der Waals surface area contributed by atoms with Crippen LogP contribution in [0.4, 0.5) is 0 Å². The molecule has 1 aliphatic rings. The van der Waals surface area contributed by atoms with Crippen LogP contribution in [0.15, 0.2) is 47.8 Å². The van der Waals surface area contributed by atoms with E-state index in [1.165, 1.54) is 5.56 Å². The van der Waals surface area contributed by atoms with Gasteiger partial charge in [-0.2, -0.15) is 5.10 Å². The zero-order valence-electron chi connectivity index (χ0n) is 10.7. The van der Waals surface area contributed by atoms with Gasteiger partial charge in [0.05, 0.1) is 4.88 Å². The number of rotatable bonds is 3. The Bertz CT molecular complexity index is 771. The van der Waals surface area contributed by atoms with Gasteiger partial charge in [-0.15, -0.1) is 11.3 Å². The minimum absolute atomic E-state index is 0.431. The molecule has 100 valence electrons. The molecule has 2 aromatic heterocycles. The Hall–Kier alpha value is -1.72. The summed E-state index contributed by atoms with van der Waals surface area (Å²) in [6.45, 7) is 0. The maximum Gasteiger partial charge on any atom is 0.195 e. The number of thiophene rings is 1. The van der Waals surface area contributed by atoms with Crippen LogP contribution >= 0.6 is 23.6 Å². The van der Waals surface area contributed by atoms with Crippen LogP contribution in [0.5, 0.6) is 0 Å².